The van der Waals surface area contributed by atoms with Gasteiger partial charge in [-0.1, -0.05) is 30.3 Å². The van der Waals surface area contributed by atoms with Gasteiger partial charge in [-0.3, -0.25) is 9.59 Å². The molecule has 2 aromatic rings. The van der Waals surface area contributed by atoms with Crippen molar-refractivity contribution in [2.24, 2.45) is 0 Å². The lowest BCUT2D eigenvalue weighted by molar-refractivity contribution is -0.133. The van der Waals surface area contributed by atoms with Gasteiger partial charge in [-0.05, 0) is 49.9 Å². The molecule has 2 atom stereocenters. The molecule has 2 aliphatic rings. The summed E-state index contributed by atoms with van der Waals surface area (Å²) in [5.41, 5.74) is 2.30. The number of ether oxygens (including phenoxy) is 1. The average Bonchev–Trinajstić information content (AvgIpc) is 2.74. The van der Waals surface area contributed by atoms with Gasteiger partial charge in [-0.2, -0.15) is 0 Å². The van der Waals surface area contributed by atoms with Gasteiger partial charge in [-0.15, -0.1) is 0 Å². The molecule has 2 aliphatic heterocycles. The number of nitrogens with zero attached hydrogens (tertiary/aromatic N) is 1. The Hall–Kier alpha value is -3.02. The molecule has 1 fully saturated rings. The van der Waals surface area contributed by atoms with E-state index >= 15 is 0 Å². The normalized spacial score (nSPS) is 19.8. The highest BCUT2D eigenvalue weighted by Crippen LogP contribution is 2.33. The molecule has 0 aromatic heterocycles. The Balaban J connectivity index is 1.60. The van der Waals surface area contributed by atoms with Crippen LogP contribution in [0.4, 0.5) is 11.4 Å². The summed E-state index contributed by atoms with van der Waals surface area (Å²) in [6, 6.07) is 14.8. The number of hydrogen-bond donors (Lipinski definition) is 2. The lowest BCUT2D eigenvalue weighted by Gasteiger charge is -2.31. The standard InChI is InChI=1S/C22H25N3O3/c1-15-21(26)24-18-14-17(10-11-19(18)28-15)23-20(16-8-4-2-5-9-16)22(27)25-12-6-3-7-13-25/h2,4-5,8-11,14-15,20,23H,3,6-7,12-13H2,1H3,(H,24,26)/t15-,20+/m0/s1. The Morgan fingerprint density at radius 1 is 1.14 bits per heavy atom. The fourth-order valence-electron chi connectivity index (χ4n) is 3.70. The van der Waals surface area contributed by atoms with Crippen LogP contribution in [0, 0.1) is 0 Å². The molecule has 6 heteroatoms. The smallest absolute Gasteiger partial charge is 0.265 e. The number of amides is 2. The summed E-state index contributed by atoms with van der Waals surface area (Å²) in [5, 5.41) is 6.23. The van der Waals surface area contributed by atoms with Crippen LogP contribution in [0.2, 0.25) is 0 Å². The van der Waals surface area contributed by atoms with Crippen molar-refractivity contribution in [3.8, 4) is 5.75 Å². The van der Waals surface area contributed by atoms with Gasteiger partial charge >= 0.3 is 0 Å². The zero-order valence-corrected chi connectivity index (χ0v) is 16.0. The van der Waals surface area contributed by atoms with Crippen LogP contribution < -0.4 is 15.4 Å². The number of likely N-dealkylation sites (tertiary alicyclic amines) is 1. The summed E-state index contributed by atoms with van der Waals surface area (Å²) in [6.07, 6.45) is 2.77. The van der Waals surface area contributed by atoms with E-state index in [9.17, 15) is 9.59 Å². The summed E-state index contributed by atoms with van der Waals surface area (Å²) in [7, 11) is 0. The molecule has 0 unspecified atom stereocenters. The van der Waals surface area contributed by atoms with Crippen molar-refractivity contribution in [1.29, 1.82) is 0 Å². The van der Waals surface area contributed by atoms with Crippen LogP contribution in [0.15, 0.2) is 48.5 Å². The van der Waals surface area contributed by atoms with Crippen LogP contribution in [0.3, 0.4) is 0 Å². The average molecular weight is 379 g/mol. The Labute approximate surface area is 164 Å². The number of benzene rings is 2. The number of piperidine rings is 1. The topological polar surface area (TPSA) is 70.7 Å². The van der Waals surface area contributed by atoms with Crippen molar-refractivity contribution >= 4 is 23.2 Å². The molecule has 2 amide bonds. The molecular weight excluding hydrogens is 354 g/mol. The number of nitrogens with one attached hydrogen (secondary N) is 2. The van der Waals surface area contributed by atoms with Crippen molar-refractivity contribution in [3.05, 3.63) is 54.1 Å². The summed E-state index contributed by atoms with van der Waals surface area (Å²) < 4.78 is 5.62. The first-order valence-electron chi connectivity index (χ1n) is 9.83. The van der Waals surface area contributed by atoms with E-state index in [1.165, 1.54) is 6.42 Å². The molecule has 2 heterocycles. The van der Waals surface area contributed by atoms with Crippen molar-refractivity contribution in [3.63, 3.8) is 0 Å². The maximum absolute atomic E-state index is 13.3. The molecule has 0 aliphatic carbocycles. The fourth-order valence-corrected chi connectivity index (χ4v) is 3.70. The largest absolute Gasteiger partial charge is 0.479 e. The van der Waals surface area contributed by atoms with E-state index in [2.05, 4.69) is 10.6 Å². The second kappa shape index (κ2) is 7.92. The van der Waals surface area contributed by atoms with E-state index < -0.39 is 12.1 Å². The van der Waals surface area contributed by atoms with E-state index in [-0.39, 0.29) is 11.8 Å². The van der Waals surface area contributed by atoms with Crippen LogP contribution in [0.25, 0.3) is 0 Å². The van der Waals surface area contributed by atoms with Crippen LogP contribution in [-0.2, 0) is 9.59 Å². The van der Waals surface area contributed by atoms with Gasteiger partial charge in [0.15, 0.2) is 6.10 Å². The van der Waals surface area contributed by atoms with Crippen LogP contribution >= 0.6 is 0 Å². The minimum atomic E-state index is -0.510. The van der Waals surface area contributed by atoms with Gasteiger partial charge in [0.05, 0.1) is 5.69 Å². The second-order valence-electron chi connectivity index (χ2n) is 7.33. The van der Waals surface area contributed by atoms with Crippen molar-refractivity contribution < 1.29 is 14.3 Å². The number of anilines is 2. The zero-order valence-electron chi connectivity index (χ0n) is 16.0. The van der Waals surface area contributed by atoms with E-state index in [0.29, 0.717) is 11.4 Å². The molecule has 2 aromatic carbocycles. The molecule has 0 bridgehead atoms. The molecular formula is C22H25N3O3. The molecule has 28 heavy (non-hydrogen) atoms. The van der Waals surface area contributed by atoms with Gasteiger partial charge in [0.2, 0.25) is 5.91 Å². The Morgan fingerprint density at radius 3 is 2.64 bits per heavy atom. The third kappa shape index (κ3) is 3.81. The first-order chi connectivity index (χ1) is 13.6. The molecule has 6 nitrogen and oxygen atoms in total. The molecule has 0 saturated carbocycles. The minimum absolute atomic E-state index is 0.0810. The summed E-state index contributed by atoms with van der Waals surface area (Å²) in [4.78, 5) is 27.1. The zero-order chi connectivity index (χ0) is 19.5. The molecule has 2 N–H and O–H groups in total. The maximum atomic E-state index is 13.3. The Kier molecular flexibility index (Phi) is 5.19. The third-order valence-corrected chi connectivity index (χ3v) is 5.27. The van der Waals surface area contributed by atoms with E-state index in [1.54, 1.807) is 6.92 Å². The summed E-state index contributed by atoms with van der Waals surface area (Å²) in [6.45, 7) is 3.32. The summed E-state index contributed by atoms with van der Waals surface area (Å²) in [5.74, 6) is 0.544. The van der Waals surface area contributed by atoms with Crippen molar-refractivity contribution in [2.45, 2.75) is 38.3 Å². The molecule has 4 rings (SSSR count). The fraction of sp³-hybridized carbons (Fsp3) is 0.364. The minimum Gasteiger partial charge on any atom is -0.479 e. The Bertz CT molecular complexity index is 863. The van der Waals surface area contributed by atoms with Crippen molar-refractivity contribution in [2.75, 3.05) is 23.7 Å². The van der Waals surface area contributed by atoms with E-state index in [1.807, 2.05) is 53.4 Å². The number of rotatable bonds is 4. The third-order valence-electron chi connectivity index (χ3n) is 5.27. The van der Waals surface area contributed by atoms with Gasteiger partial charge in [0.25, 0.3) is 5.91 Å². The maximum Gasteiger partial charge on any atom is 0.265 e. The predicted molar refractivity (Wildman–Crippen MR) is 108 cm³/mol. The number of carbonyl (C=O) groups is 2. The number of fused-ring (bicyclic) bond motifs is 1. The molecule has 146 valence electrons. The molecule has 0 spiro atoms. The quantitative estimate of drug-likeness (QED) is 0.852. The van der Waals surface area contributed by atoms with Crippen LogP contribution in [0.5, 0.6) is 5.75 Å². The van der Waals surface area contributed by atoms with Gasteiger partial charge < -0.3 is 20.3 Å². The first-order valence-corrected chi connectivity index (χ1v) is 9.83. The van der Waals surface area contributed by atoms with Crippen molar-refractivity contribution in [1.82, 2.24) is 4.90 Å². The SMILES string of the molecule is C[C@@H]1Oc2ccc(N[C@@H](C(=O)N3CCCCC3)c3ccccc3)cc2NC1=O. The highest BCUT2D eigenvalue weighted by molar-refractivity contribution is 5.98. The monoisotopic (exact) mass is 379 g/mol. The second-order valence-corrected chi connectivity index (χ2v) is 7.33. The van der Waals surface area contributed by atoms with E-state index in [4.69, 9.17) is 4.74 Å². The van der Waals surface area contributed by atoms with Gasteiger partial charge in [0, 0.05) is 18.8 Å². The number of carbonyl (C=O) groups excluding carboxylic acids is 2. The highest BCUT2D eigenvalue weighted by Gasteiger charge is 2.28. The highest BCUT2D eigenvalue weighted by atomic mass is 16.5. The number of hydrogen-bond acceptors (Lipinski definition) is 4. The molecule has 0 radical (unpaired) electrons. The van der Waals surface area contributed by atoms with E-state index in [0.717, 1.165) is 37.2 Å². The van der Waals surface area contributed by atoms with Crippen LogP contribution in [0.1, 0.15) is 37.8 Å². The predicted octanol–water partition coefficient (Wildman–Crippen LogP) is 3.57. The Morgan fingerprint density at radius 2 is 1.89 bits per heavy atom. The van der Waals surface area contributed by atoms with Crippen LogP contribution in [-0.4, -0.2) is 35.9 Å². The lowest BCUT2D eigenvalue weighted by Crippen LogP contribution is -2.41. The lowest BCUT2D eigenvalue weighted by atomic mass is 10.0. The van der Waals surface area contributed by atoms with Gasteiger partial charge in [0.1, 0.15) is 11.8 Å². The summed E-state index contributed by atoms with van der Waals surface area (Å²) >= 11 is 0. The molecule has 1 saturated heterocycles. The van der Waals surface area contributed by atoms with Gasteiger partial charge in [-0.25, -0.2) is 0 Å². The first kappa shape index (κ1) is 18.3.